The summed E-state index contributed by atoms with van der Waals surface area (Å²) in [6, 6.07) is 8.04. The molecule has 1 aromatic carbocycles. The summed E-state index contributed by atoms with van der Waals surface area (Å²) in [5, 5.41) is 11.7. The van der Waals surface area contributed by atoms with Crippen LogP contribution in [0.2, 0.25) is 0 Å². The lowest BCUT2D eigenvalue weighted by molar-refractivity contribution is 0.102. The summed E-state index contributed by atoms with van der Waals surface area (Å²) in [4.78, 5) is 19.5. The smallest absolute Gasteiger partial charge is 0.260 e. The Hall–Kier alpha value is -3.33. The van der Waals surface area contributed by atoms with Gasteiger partial charge < -0.3 is 10.2 Å². The van der Waals surface area contributed by atoms with Crippen molar-refractivity contribution in [1.82, 2.24) is 29.4 Å². The van der Waals surface area contributed by atoms with E-state index in [-0.39, 0.29) is 5.91 Å². The second-order valence-corrected chi connectivity index (χ2v) is 8.89. The summed E-state index contributed by atoms with van der Waals surface area (Å²) in [6.07, 6.45) is 10.5. The lowest BCUT2D eigenvalue weighted by atomic mass is 9.49. The zero-order chi connectivity index (χ0) is 23.9. The number of carbonyl (C=O) groups excluding carboxylic acids is 1. The second kappa shape index (κ2) is 8.79. The number of pyridine rings is 1. The molecule has 0 atom stereocenters. The molecule has 0 bridgehead atoms. The molecule has 0 spiro atoms. The molecule has 4 aromatic rings. The number of hydrogen-bond acceptors (Lipinski definition) is 5. The van der Waals surface area contributed by atoms with Crippen molar-refractivity contribution in [2.24, 2.45) is 0 Å². The van der Waals surface area contributed by atoms with Crippen LogP contribution >= 0.6 is 0 Å². The normalized spacial score (nSPS) is 15.6. The van der Waals surface area contributed by atoms with E-state index in [9.17, 15) is 4.79 Å². The van der Waals surface area contributed by atoms with Crippen LogP contribution in [0.3, 0.4) is 0 Å². The monoisotopic (exact) mass is 445 g/mol. The van der Waals surface area contributed by atoms with E-state index in [2.05, 4.69) is 32.4 Å². The number of benzene rings is 1. The third-order valence-corrected chi connectivity index (χ3v) is 6.20. The van der Waals surface area contributed by atoms with Crippen LogP contribution < -0.4 is 5.32 Å². The number of likely N-dealkylation sites (tertiary alicyclic amines) is 1. The molecule has 1 amide bonds. The minimum Gasteiger partial charge on any atom is -0.306 e. The molecule has 1 fully saturated rings. The maximum Gasteiger partial charge on any atom is 0.260 e. The van der Waals surface area contributed by atoms with Crippen molar-refractivity contribution in [3.05, 3.63) is 60.8 Å². The Bertz CT molecular complexity index is 1340. The molecule has 4 heterocycles. The van der Waals surface area contributed by atoms with Crippen molar-refractivity contribution in [3.8, 4) is 11.1 Å². The molecule has 5 rings (SSSR count). The number of aromatic nitrogens is 5. The van der Waals surface area contributed by atoms with E-state index in [4.69, 9.17) is 23.5 Å². The molecule has 1 N–H and O–H groups in total. The minimum atomic E-state index is -1.57. The number of nitrogens with zero attached hydrogens (tertiary/aromatic N) is 6. The molecule has 6 radical (unpaired) electrons. The van der Waals surface area contributed by atoms with Crippen molar-refractivity contribution < 1.29 is 4.79 Å². The van der Waals surface area contributed by atoms with E-state index < -0.39 is 5.24 Å². The van der Waals surface area contributed by atoms with Gasteiger partial charge in [-0.2, -0.15) is 10.2 Å². The summed E-state index contributed by atoms with van der Waals surface area (Å²) in [5.74, 6) is 0.218. The maximum absolute atomic E-state index is 12.8. The van der Waals surface area contributed by atoms with Crippen molar-refractivity contribution >= 4 is 46.0 Å². The first-order valence-corrected chi connectivity index (χ1v) is 11.1. The Labute approximate surface area is 202 Å². The highest BCUT2D eigenvalue weighted by Gasteiger charge is 2.20. The van der Waals surface area contributed by atoms with Crippen molar-refractivity contribution in [3.63, 3.8) is 0 Å². The van der Waals surface area contributed by atoms with Crippen LogP contribution in [0.4, 0.5) is 5.82 Å². The molecule has 0 unspecified atom stereocenters. The van der Waals surface area contributed by atoms with E-state index in [1.807, 2.05) is 35.1 Å². The van der Waals surface area contributed by atoms with Gasteiger partial charge in [0, 0.05) is 29.5 Å². The van der Waals surface area contributed by atoms with Crippen LogP contribution in [-0.2, 0) is 5.24 Å². The summed E-state index contributed by atoms with van der Waals surface area (Å²) >= 11 is 0. The van der Waals surface area contributed by atoms with E-state index in [0.29, 0.717) is 17.4 Å². The molecule has 164 valence electrons. The van der Waals surface area contributed by atoms with Gasteiger partial charge in [-0.1, -0.05) is 12.1 Å². The van der Waals surface area contributed by atoms with Gasteiger partial charge in [0.15, 0.2) is 0 Å². The second-order valence-electron chi connectivity index (χ2n) is 8.89. The van der Waals surface area contributed by atoms with Crippen LogP contribution in [0, 0.1) is 0 Å². The number of fused-ring (bicyclic) bond motifs is 1. The number of piperidine rings is 1. The predicted octanol–water partition coefficient (Wildman–Crippen LogP) is 1.89. The Morgan fingerprint density at radius 3 is 2.53 bits per heavy atom. The van der Waals surface area contributed by atoms with Crippen LogP contribution in [0.25, 0.3) is 21.9 Å². The summed E-state index contributed by atoms with van der Waals surface area (Å²) < 4.78 is 3.21. The fraction of sp³-hybridized carbons (Fsp3) is 0.304. The quantitative estimate of drug-likeness (QED) is 0.475. The average Bonchev–Trinajstić information content (AvgIpc) is 3.49. The highest BCUT2D eigenvalue weighted by molar-refractivity contribution is 6.56. The van der Waals surface area contributed by atoms with Gasteiger partial charge in [-0.3, -0.25) is 14.2 Å². The maximum atomic E-state index is 12.8. The Morgan fingerprint density at radius 1 is 1.00 bits per heavy atom. The molecule has 1 aliphatic heterocycles. The zero-order valence-corrected chi connectivity index (χ0v) is 18.9. The van der Waals surface area contributed by atoms with Crippen LogP contribution in [-0.4, -0.2) is 79.0 Å². The average molecular weight is 445 g/mol. The predicted molar refractivity (Wildman–Crippen MR) is 134 cm³/mol. The van der Waals surface area contributed by atoms with Gasteiger partial charge in [0.2, 0.25) is 0 Å². The number of anilines is 1. The Balaban J connectivity index is 1.33. The molecule has 0 saturated carbocycles. The van der Waals surface area contributed by atoms with Crippen molar-refractivity contribution in [1.29, 1.82) is 0 Å². The fourth-order valence-corrected chi connectivity index (χ4v) is 4.18. The number of hydrogen-bond donors (Lipinski definition) is 1. The largest absolute Gasteiger partial charge is 0.306 e. The highest BCUT2D eigenvalue weighted by Crippen LogP contribution is 2.26. The van der Waals surface area contributed by atoms with E-state index in [1.54, 1.807) is 24.8 Å². The van der Waals surface area contributed by atoms with Gasteiger partial charge in [-0.05, 0) is 61.3 Å². The fourth-order valence-electron chi connectivity index (χ4n) is 4.18. The topological polar surface area (TPSA) is 80.9 Å². The number of carbonyl (C=O) groups is 1. The van der Waals surface area contributed by atoms with Crippen molar-refractivity contribution in [2.75, 3.05) is 25.5 Å². The third kappa shape index (κ3) is 4.66. The standard InChI is InChI=1S/C23H22B3N7O/c1-31-6-4-20(5-7-31)32-13-19(12-28-32)22(34)30-21-9-17-8-15(2-3-16(17)10-27-21)18-11-29-33(14-18)23(24,25)26/h2-3,8-14,20H,4-7H2,1H3,(H,27,30,34). The van der Waals surface area contributed by atoms with Crippen molar-refractivity contribution in [2.45, 2.75) is 24.1 Å². The van der Waals surface area contributed by atoms with E-state index in [1.165, 1.54) is 4.68 Å². The van der Waals surface area contributed by atoms with Gasteiger partial charge in [0.1, 0.15) is 5.82 Å². The summed E-state index contributed by atoms with van der Waals surface area (Å²) in [7, 11) is 19.2. The van der Waals surface area contributed by atoms with Crippen LogP contribution in [0.15, 0.2) is 55.2 Å². The lowest BCUT2D eigenvalue weighted by Gasteiger charge is -2.28. The Morgan fingerprint density at radius 2 is 1.79 bits per heavy atom. The SMILES string of the molecule is [B]C([B])([B])n1cc(-c2ccc3cnc(NC(=O)c4cnn(C5CCN(C)CC5)c4)cc3c2)cn1. The number of nitrogens with one attached hydrogen (secondary N) is 1. The van der Waals surface area contributed by atoms with E-state index in [0.717, 1.165) is 47.8 Å². The first-order chi connectivity index (χ1) is 16.3. The minimum absolute atomic E-state index is 0.242. The van der Waals surface area contributed by atoms with Crippen LogP contribution in [0.5, 0.6) is 0 Å². The van der Waals surface area contributed by atoms with Gasteiger partial charge in [0.25, 0.3) is 5.91 Å². The first-order valence-electron chi connectivity index (χ1n) is 11.1. The number of amides is 1. The molecular weight excluding hydrogens is 423 g/mol. The molecular formula is C23H22B3N7O. The van der Waals surface area contributed by atoms with Gasteiger partial charge >= 0.3 is 0 Å². The first kappa shape index (κ1) is 22.5. The highest BCUT2D eigenvalue weighted by atomic mass is 16.1. The molecule has 34 heavy (non-hydrogen) atoms. The Kier molecular flexibility index (Phi) is 5.81. The molecule has 0 aliphatic carbocycles. The third-order valence-electron chi connectivity index (χ3n) is 6.20. The lowest BCUT2D eigenvalue weighted by Crippen LogP contribution is -2.35. The van der Waals surface area contributed by atoms with Gasteiger partial charge in [-0.15, -0.1) is 0 Å². The van der Waals surface area contributed by atoms with Gasteiger partial charge in [0.05, 0.1) is 47.5 Å². The molecule has 8 nitrogen and oxygen atoms in total. The molecule has 1 saturated heterocycles. The molecule has 3 aromatic heterocycles. The zero-order valence-electron chi connectivity index (χ0n) is 18.9. The summed E-state index contributed by atoms with van der Waals surface area (Å²) in [6.45, 7) is 2.06. The molecule has 1 aliphatic rings. The number of rotatable bonds is 5. The van der Waals surface area contributed by atoms with Crippen LogP contribution in [0.1, 0.15) is 29.2 Å². The van der Waals surface area contributed by atoms with E-state index >= 15 is 0 Å². The molecule has 11 heteroatoms. The van der Waals surface area contributed by atoms with Gasteiger partial charge in [-0.25, -0.2) is 4.98 Å². The summed E-state index contributed by atoms with van der Waals surface area (Å²) in [5.41, 5.74) is 2.23.